The van der Waals surface area contributed by atoms with Gasteiger partial charge >= 0.3 is 5.97 Å². The van der Waals surface area contributed by atoms with E-state index in [4.69, 9.17) is 4.74 Å². The topological polar surface area (TPSA) is 98.5 Å². The number of thioether (sulfide) groups is 1. The fraction of sp³-hybridized carbons (Fsp3) is 0.316. The SMILES string of the molecule is CSc1nc2nc(C)c(CC(=O)O[C@H](C)C(=O)Nc3ccccc3)c(C)n2n1. The molecule has 0 bridgehead atoms. The van der Waals surface area contributed by atoms with E-state index in [-0.39, 0.29) is 12.3 Å². The van der Waals surface area contributed by atoms with Gasteiger partial charge < -0.3 is 10.1 Å². The lowest BCUT2D eigenvalue weighted by molar-refractivity contribution is -0.152. The molecule has 8 nitrogen and oxygen atoms in total. The number of para-hydroxylation sites is 1. The second kappa shape index (κ2) is 8.39. The summed E-state index contributed by atoms with van der Waals surface area (Å²) in [5.41, 5.74) is 2.82. The number of esters is 1. The van der Waals surface area contributed by atoms with Crippen molar-refractivity contribution in [3.8, 4) is 0 Å². The Kier molecular flexibility index (Phi) is 5.93. The summed E-state index contributed by atoms with van der Waals surface area (Å²) in [6, 6.07) is 9.01. The highest BCUT2D eigenvalue weighted by molar-refractivity contribution is 7.98. The van der Waals surface area contributed by atoms with Crippen LogP contribution in [0.25, 0.3) is 5.78 Å². The second-order valence-electron chi connectivity index (χ2n) is 6.24. The first kappa shape index (κ1) is 19.8. The number of carbonyl (C=O) groups is 2. The maximum absolute atomic E-state index is 12.4. The summed E-state index contributed by atoms with van der Waals surface area (Å²) < 4.78 is 6.93. The number of rotatable bonds is 6. The number of anilines is 1. The number of amides is 1. The average molecular weight is 399 g/mol. The Hall–Kier alpha value is -2.94. The summed E-state index contributed by atoms with van der Waals surface area (Å²) in [7, 11) is 0. The van der Waals surface area contributed by atoms with Gasteiger partial charge in [0.05, 0.1) is 6.42 Å². The van der Waals surface area contributed by atoms with Crippen molar-refractivity contribution in [2.75, 3.05) is 11.6 Å². The first-order valence-electron chi connectivity index (χ1n) is 8.71. The van der Waals surface area contributed by atoms with E-state index in [2.05, 4.69) is 20.4 Å². The number of benzene rings is 1. The molecule has 0 saturated heterocycles. The molecule has 1 amide bonds. The molecule has 9 heteroatoms. The zero-order valence-electron chi connectivity index (χ0n) is 16.1. The molecule has 1 N–H and O–H groups in total. The van der Waals surface area contributed by atoms with Crippen molar-refractivity contribution in [2.24, 2.45) is 0 Å². The normalized spacial score (nSPS) is 12.0. The molecule has 1 aromatic carbocycles. The zero-order chi connectivity index (χ0) is 20.3. The number of hydrogen-bond acceptors (Lipinski definition) is 7. The minimum Gasteiger partial charge on any atom is -0.452 e. The van der Waals surface area contributed by atoms with Crippen LogP contribution in [0.1, 0.15) is 23.9 Å². The highest BCUT2D eigenvalue weighted by atomic mass is 32.2. The fourth-order valence-electron chi connectivity index (χ4n) is 2.73. The van der Waals surface area contributed by atoms with Gasteiger partial charge in [-0.25, -0.2) is 9.50 Å². The van der Waals surface area contributed by atoms with Crippen molar-refractivity contribution in [3.05, 3.63) is 47.3 Å². The van der Waals surface area contributed by atoms with Gasteiger partial charge in [-0.05, 0) is 39.2 Å². The van der Waals surface area contributed by atoms with Crippen molar-refractivity contribution >= 4 is 35.1 Å². The van der Waals surface area contributed by atoms with E-state index in [1.807, 2.05) is 38.3 Å². The van der Waals surface area contributed by atoms with Crippen LogP contribution in [0.2, 0.25) is 0 Å². The van der Waals surface area contributed by atoms with Crippen LogP contribution in [0.4, 0.5) is 5.69 Å². The Labute approximate surface area is 166 Å². The van der Waals surface area contributed by atoms with E-state index in [0.29, 0.717) is 27.9 Å². The standard InChI is InChI=1S/C19H21N5O3S/c1-11-15(12(2)24-18(20-11)22-19(23-24)28-4)10-16(25)27-13(3)17(26)21-14-8-6-5-7-9-14/h5-9,13H,10H2,1-4H3,(H,21,26)/t13-/m1/s1. The molecule has 146 valence electrons. The highest BCUT2D eigenvalue weighted by Crippen LogP contribution is 2.18. The van der Waals surface area contributed by atoms with Crippen molar-refractivity contribution < 1.29 is 14.3 Å². The first-order valence-corrected chi connectivity index (χ1v) is 9.93. The highest BCUT2D eigenvalue weighted by Gasteiger charge is 2.21. The van der Waals surface area contributed by atoms with Gasteiger partial charge in [0, 0.05) is 22.6 Å². The predicted molar refractivity (Wildman–Crippen MR) is 106 cm³/mol. The summed E-state index contributed by atoms with van der Waals surface area (Å²) in [6.07, 6.45) is 0.967. The number of nitrogens with zero attached hydrogens (tertiary/aromatic N) is 4. The van der Waals surface area contributed by atoms with E-state index >= 15 is 0 Å². The van der Waals surface area contributed by atoms with Gasteiger partial charge in [-0.15, -0.1) is 5.10 Å². The van der Waals surface area contributed by atoms with Crippen LogP contribution in [0.3, 0.4) is 0 Å². The lowest BCUT2D eigenvalue weighted by Gasteiger charge is -2.15. The molecule has 28 heavy (non-hydrogen) atoms. The molecule has 2 heterocycles. The van der Waals surface area contributed by atoms with Crippen LogP contribution in [0.5, 0.6) is 0 Å². The largest absolute Gasteiger partial charge is 0.452 e. The van der Waals surface area contributed by atoms with Crippen LogP contribution in [0, 0.1) is 13.8 Å². The average Bonchev–Trinajstić information content (AvgIpc) is 3.09. The third kappa shape index (κ3) is 4.30. The number of nitrogens with one attached hydrogen (secondary N) is 1. The quantitative estimate of drug-likeness (QED) is 0.502. The lowest BCUT2D eigenvalue weighted by atomic mass is 10.1. The molecule has 0 spiro atoms. The number of hydrogen-bond donors (Lipinski definition) is 1. The van der Waals surface area contributed by atoms with E-state index in [0.717, 1.165) is 5.69 Å². The first-order chi connectivity index (χ1) is 13.4. The molecular weight excluding hydrogens is 378 g/mol. The summed E-state index contributed by atoms with van der Waals surface area (Å²) in [5, 5.41) is 7.69. The maximum Gasteiger partial charge on any atom is 0.311 e. The van der Waals surface area contributed by atoms with Crippen molar-refractivity contribution in [2.45, 2.75) is 38.5 Å². The minimum atomic E-state index is -0.917. The van der Waals surface area contributed by atoms with Crippen LogP contribution < -0.4 is 5.32 Å². The smallest absolute Gasteiger partial charge is 0.311 e. The molecule has 0 saturated carbocycles. The Morgan fingerprint density at radius 2 is 1.93 bits per heavy atom. The van der Waals surface area contributed by atoms with Crippen LogP contribution in [-0.4, -0.2) is 43.8 Å². The molecule has 0 radical (unpaired) electrons. The summed E-state index contributed by atoms with van der Waals surface area (Å²) in [5.74, 6) is -0.400. The number of fused-ring (bicyclic) bond motifs is 1. The third-order valence-electron chi connectivity index (χ3n) is 4.25. The molecule has 3 rings (SSSR count). The van der Waals surface area contributed by atoms with Gasteiger partial charge in [0.15, 0.2) is 6.10 Å². The molecule has 0 fully saturated rings. The van der Waals surface area contributed by atoms with Crippen LogP contribution in [0.15, 0.2) is 35.5 Å². The van der Waals surface area contributed by atoms with Crippen LogP contribution >= 0.6 is 11.8 Å². The molecule has 0 aliphatic carbocycles. The molecule has 1 atom stereocenters. The molecule has 3 aromatic rings. The lowest BCUT2D eigenvalue weighted by Crippen LogP contribution is -2.30. The summed E-state index contributed by atoms with van der Waals surface area (Å²) >= 11 is 1.42. The van der Waals surface area contributed by atoms with Gasteiger partial charge in [0.25, 0.3) is 11.7 Å². The van der Waals surface area contributed by atoms with E-state index in [1.54, 1.807) is 23.6 Å². The van der Waals surface area contributed by atoms with E-state index < -0.39 is 12.1 Å². The third-order valence-corrected chi connectivity index (χ3v) is 4.79. The number of carbonyl (C=O) groups excluding carboxylic acids is 2. The van der Waals surface area contributed by atoms with Crippen LogP contribution in [-0.2, 0) is 20.7 Å². The second-order valence-corrected chi connectivity index (χ2v) is 7.01. The van der Waals surface area contributed by atoms with Gasteiger partial charge in [-0.3, -0.25) is 9.59 Å². The molecule has 0 unspecified atom stereocenters. The summed E-state index contributed by atoms with van der Waals surface area (Å²) in [4.78, 5) is 33.4. The summed E-state index contributed by atoms with van der Waals surface area (Å²) in [6.45, 7) is 5.21. The molecule has 0 aliphatic heterocycles. The predicted octanol–water partition coefficient (Wildman–Crippen LogP) is 2.58. The Morgan fingerprint density at radius 3 is 2.61 bits per heavy atom. The van der Waals surface area contributed by atoms with Crippen molar-refractivity contribution in [1.29, 1.82) is 0 Å². The van der Waals surface area contributed by atoms with Gasteiger partial charge in [-0.1, -0.05) is 30.0 Å². The number of aromatic nitrogens is 4. The Balaban J connectivity index is 1.69. The van der Waals surface area contributed by atoms with Crippen molar-refractivity contribution in [1.82, 2.24) is 19.6 Å². The number of aryl methyl sites for hydroxylation is 2. The maximum atomic E-state index is 12.4. The van der Waals surface area contributed by atoms with Gasteiger partial charge in [-0.2, -0.15) is 4.98 Å². The van der Waals surface area contributed by atoms with E-state index in [9.17, 15) is 9.59 Å². The van der Waals surface area contributed by atoms with Gasteiger partial charge in [0.2, 0.25) is 5.16 Å². The Morgan fingerprint density at radius 1 is 1.21 bits per heavy atom. The van der Waals surface area contributed by atoms with Crippen molar-refractivity contribution in [3.63, 3.8) is 0 Å². The monoisotopic (exact) mass is 399 g/mol. The Bertz CT molecular complexity index is 1020. The molecule has 0 aliphatic rings. The zero-order valence-corrected chi connectivity index (χ0v) is 16.9. The minimum absolute atomic E-state index is 0.00196. The molecule has 2 aromatic heterocycles. The fourth-order valence-corrected chi connectivity index (χ4v) is 3.07. The van der Waals surface area contributed by atoms with E-state index in [1.165, 1.54) is 11.8 Å². The molecular formula is C19H21N5O3S. The number of ether oxygens (including phenoxy) is 1. The van der Waals surface area contributed by atoms with Gasteiger partial charge in [0.1, 0.15) is 0 Å².